The Balaban J connectivity index is 2.52. The van der Waals surface area contributed by atoms with Crippen LogP contribution >= 0.6 is 0 Å². The summed E-state index contributed by atoms with van der Waals surface area (Å²) >= 11 is 0. The average molecular weight is 1240 g/mol. The summed E-state index contributed by atoms with van der Waals surface area (Å²) in [5.74, 6) is -1.18. The monoisotopic (exact) mass is 1240 g/mol. The fraction of sp³-hybridized carbons (Fsp3) is 0.870. The summed E-state index contributed by atoms with van der Waals surface area (Å²) in [6.45, 7) is 5.82. The lowest BCUT2D eigenvalue weighted by molar-refractivity contribution is -0.305. The number of carbonyl (C=O) groups is 2. The van der Waals surface area contributed by atoms with E-state index in [-0.39, 0.29) is 13.0 Å². The summed E-state index contributed by atoms with van der Waals surface area (Å²) < 4.78 is 17.7. The second kappa shape index (κ2) is 64.7. The maximum Gasteiger partial charge on any atom is 0.306 e. The zero-order valence-electron chi connectivity index (χ0n) is 57.6. The van der Waals surface area contributed by atoms with E-state index in [9.17, 15) is 35.1 Å². The van der Waals surface area contributed by atoms with Crippen LogP contribution in [0, 0.1) is 0 Å². The second-order valence-corrected chi connectivity index (χ2v) is 26.4. The van der Waals surface area contributed by atoms with Gasteiger partial charge in [-0.3, -0.25) is 9.59 Å². The molecule has 1 heterocycles. The molecule has 0 aromatic carbocycles. The summed E-state index contributed by atoms with van der Waals surface area (Å²) in [7, 11) is 0. The van der Waals surface area contributed by atoms with Crippen molar-refractivity contribution in [1.82, 2.24) is 5.32 Å². The molecule has 0 radical (unpaired) electrons. The van der Waals surface area contributed by atoms with E-state index in [4.69, 9.17) is 14.2 Å². The number of rotatable bonds is 66. The van der Waals surface area contributed by atoms with Crippen LogP contribution in [0.15, 0.2) is 48.6 Å². The molecule has 8 unspecified atom stereocenters. The van der Waals surface area contributed by atoms with Gasteiger partial charge in [-0.25, -0.2) is 0 Å². The van der Waals surface area contributed by atoms with E-state index in [1.165, 1.54) is 257 Å². The van der Waals surface area contributed by atoms with Crippen molar-refractivity contribution in [2.45, 2.75) is 416 Å². The van der Waals surface area contributed by atoms with Gasteiger partial charge >= 0.3 is 5.97 Å². The first kappa shape index (κ1) is 83.6. The molecular weight excluding hydrogens is 1100 g/mol. The van der Waals surface area contributed by atoms with Gasteiger partial charge in [0.15, 0.2) is 12.4 Å². The van der Waals surface area contributed by atoms with Crippen molar-refractivity contribution in [2.24, 2.45) is 0 Å². The fourth-order valence-electron chi connectivity index (χ4n) is 12.0. The number of esters is 1. The SMILES string of the molecule is CCCCC/C=C\C/C=C\CCCCCCCCCCCCCCCCCC(=O)OC1C(OCC(NC(=O)C(O)CCCCCCCCCCCCCC/C=C/CCCCCCCC)C(O)/C=C/CCCCCCCCCCCC)OC(CO)C(O)C1O. The lowest BCUT2D eigenvalue weighted by Crippen LogP contribution is -2.61. The third kappa shape index (κ3) is 51.2. The van der Waals surface area contributed by atoms with Crippen LogP contribution in [0.25, 0.3) is 0 Å². The summed E-state index contributed by atoms with van der Waals surface area (Å²) in [6, 6.07) is -1.02. The zero-order valence-corrected chi connectivity index (χ0v) is 57.6. The number of nitrogens with one attached hydrogen (secondary N) is 1. The molecule has 0 saturated carbocycles. The third-order valence-corrected chi connectivity index (χ3v) is 18.0. The molecule has 6 N–H and O–H groups in total. The van der Waals surface area contributed by atoms with Crippen LogP contribution < -0.4 is 5.32 Å². The largest absolute Gasteiger partial charge is 0.454 e. The van der Waals surface area contributed by atoms with Gasteiger partial charge in [0.1, 0.15) is 24.4 Å². The van der Waals surface area contributed by atoms with Crippen LogP contribution in [-0.4, -0.2) is 99.6 Å². The number of carbonyl (C=O) groups excluding carboxylic acids is 2. The number of allylic oxidation sites excluding steroid dienone is 7. The van der Waals surface area contributed by atoms with E-state index < -0.39 is 67.4 Å². The molecule has 1 rings (SSSR count). The minimum Gasteiger partial charge on any atom is -0.454 e. The van der Waals surface area contributed by atoms with Crippen LogP contribution in [0.2, 0.25) is 0 Å². The van der Waals surface area contributed by atoms with E-state index >= 15 is 0 Å². The molecule has 516 valence electrons. The Morgan fingerprint density at radius 3 is 1.19 bits per heavy atom. The molecule has 11 heteroatoms. The number of hydrogen-bond donors (Lipinski definition) is 6. The van der Waals surface area contributed by atoms with Crippen molar-refractivity contribution in [3.05, 3.63) is 48.6 Å². The molecule has 11 nitrogen and oxygen atoms in total. The van der Waals surface area contributed by atoms with Crippen molar-refractivity contribution in [1.29, 1.82) is 0 Å². The average Bonchev–Trinajstić information content (AvgIpc) is 2.54. The molecule has 0 aromatic rings. The van der Waals surface area contributed by atoms with Crippen molar-refractivity contribution in [2.75, 3.05) is 13.2 Å². The predicted molar refractivity (Wildman–Crippen MR) is 370 cm³/mol. The van der Waals surface area contributed by atoms with Crippen molar-refractivity contribution >= 4 is 11.9 Å². The molecule has 8 atom stereocenters. The number of ether oxygens (including phenoxy) is 3. The number of hydrogen-bond acceptors (Lipinski definition) is 10. The van der Waals surface area contributed by atoms with Crippen LogP contribution in [0.1, 0.15) is 367 Å². The molecule has 0 bridgehead atoms. The van der Waals surface area contributed by atoms with Gasteiger partial charge in [0.25, 0.3) is 0 Å². The minimum absolute atomic E-state index is 0.126. The first-order valence-corrected chi connectivity index (χ1v) is 37.9. The Morgan fingerprint density at radius 2 is 0.784 bits per heavy atom. The third-order valence-electron chi connectivity index (χ3n) is 18.0. The number of aliphatic hydroxyl groups is 5. The Hall–Kier alpha value is -2.38. The minimum atomic E-state index is -1.61. The molecule has 1 amide bonds. The van der Waals surface area contributed by atoms with E-state index in [1.54, 1.807) is 6.08 Å². The standard InChI is InChI=1S/C77H143NO10/c1-4-7-10-13-16-19-22-25-27-29-31-33-35-36-37-39-41-43-45-47-50-53-56-59-62-65-72(82)88-75-74(84)73(83)71(66-79)87-77(75)86-67-68(69(80)63-60-57-54-51-48-24-21-18-15-12-9-6-3)78-76(85)70(81)64-61-58-55-52-49-46-44-42-40-38-34-32-30-28-26-23-20-17-14-11-8-5-2/h16,19,25-28,60,63,68-71,73-75,77,79-81,83-84H,4-15,17-18,20-24,29-59,61-62,64-67H2,1-3H3,(H,78,85)/b19-16-,27-25-,28-26+,63-60+. The normalized spacial score (nSPS) is 18.4. The molecule has 0 spiro atoms. The topological polar surface area (TPSA) is 175 Å². The van der Waals surface area contributed by atoms with Crippen LogP contribution in [-0.2, 0) is 23.8 Å². The highest BCUT2D eigenvalue weighted by Gasteiger charge is 2.47. The van der Waals surface area contributed by atoms with Gasteiger partial charge in [-0.15, -0.1) is 0 Å². The zero-order chi connectivity index (χ0) is 63.9. The summed E-state index contributed by atoms with van der Waals surface area (Å²) in [4.78, 5) is 26.7. The van der Waals surface area contributed by atoms with Crippen LogP contribution in [0.3, 0.4) is 0 Å². The molecular formula is C77H143NO10. The lowest BCUT2D eigenvalue weighted by Gasteiger charge is -2.41. The van der Waals surface area contributed by atoms with Gasteiger partial charge in [0.05, 0.1) is 25.4 Å². The highest BCUT2D eigenvalue weighted by atomic mass is 16.7. The predicted octanol–water partition coefficient (Wildman–Crippen LogP) is 19.9. The van der Waals surface area contributed by atoms with Crippen molar-refractivity contribution in [3.63, 3.8) is 0 Å². The number of aliphatic hydroxyl groups excluding tert-OH is 5. The lowest BCUT2D eigenvalue weighted by atomic mass is 9.99. The summed E-state index contributed by atoms with van der Waals surface area (Å²) in [5.41, 5.74) is 0. The Labute approximate surface area is 542 Å². The maximum atomic E-state index is 13.5. The van der Waals surface area contributed by atoms with Gasteiger partial charge in [-0.2, -0.15) is 0 Å². The summed E-state index contributed by atoms with van der Waals surface area (Å²) in [5, 5.41) is 57.3. The van der Waals surface area contributed by atoms with E-state index in [0.29, 0.717) is 19.3 Å². The summed E-state index contributed by atoms with van der Waals surface area (Å²) in [6.07, 6.45) is 71.6. The first-order valence-electron chi connectivity index (χ1n) is 37.9. The van der Waals surface area contributed by atoms with Crippen LogP contribution in [0.5, 0.6) is 0 Å². The van der Waals surface area contributed by atoms with E-state index in [2.05, 4.69) is 62.5 Å². The van der Waals surface area contributed by atoms with Gasteiger partial charge in [-0.05, 0) is 83.5 Å². The molecule has 0 aliphatic carbocycles. The van der Waals surface area contributed by atoms with Crippen molar-refractivity contribution < 1.29 is 49.3 Å². The molecule has 0 aromatic heterocycles. The van der Waals surface area contributed by atoms with Gasteiger partial charge in [-0.1, -0.05) is 326 Å². The smallest absolute Gasteiger partial charge is 0.306 e. The fourth-order valence-corrected chi connectivity index (χ4v) is 12.0. The van der Waals surface area contributed by atoms with Crippen LogP contribution in [0.4, 0.5) is 0 Å². The highest BCUT2D eigenvalue weighted by Crippen LogP contribution is 2.27. The first-order chi connectivity index (χ1) is 43.2. The molecule has 1 fully saturated rings. The molecule has 1 saturated heterocycles. The van der Waals surface area contributed by atoms with Gasteiger partial charge in [0.2, 0.25) is 5.91 Å². The van der Waals surface area contributed by atoms with E-state index in [1.807, 2.05) is 6.08 Å². The molecule has 1 aliphatic rings. The molecule has 88 heavy (non-hydrogen) atoms. The van der Waals surface area contributed by atoms with Gasteiger partial charge < -0.3 is 45.1 Å². The van der Waals surface area contributed by atoms with Crippen molar-refractivity contribution in [3.8, 4) is 0 Å². The van der Waals surface area contributed by atoms with E-state index in [0.717, 1.165) is 64.2 Å². The number of amides is 1. The highest BCUT2D eigenvalue weighted by molar-refractivity contribution is 5.80. The number of unbranched alkanes of at least 4 members (excludes halogenated alkanes) is 46. The Bertz CT molecular complexity index is 1620. The maximum absolute atomic E-state index is 13.5. The second-order valence-electron chi connectivity index (χ2n) is 26.4. The Kier molecular flexibility index (Phi) is 61.5. The Morgan fingerprint density at radius 1 is 0.443 bits per heavy atom. The molecule has 1 aliphatic heterocycles. The quantitative estimate of drug-likeness (QED) is 0.0195. The van der Waals surface area contributed by atoms with Gasteiger partial charge in [0, 0.05) is 6.42 Å².